The highest BCUT2D eigenvalue weighted by Gasteiger charge is 2.29. The van der Waals surface area contributed by atoms with Crippen molar-refractivity contribution in [3.8, 4) is 12.1 Å². The highest BCUT2D eigenvalue weighted by molar-refractivity contribution is 8.00. The van der Waals surface area contributed by atoms with Gasteiger partial charge in [0.05, 0.1) is 11.1 Å². The lowest BCUT2D eigenvalue weighted by molar-refractivity contribution is -0.117. The van der Waals surface area contributed by atoms with Gasteiger partial charge in [-0.25, -0.2) is 4.98 Å². The summed E-state index contributed by atoms with van der Waals surface area (Å²) >= 11 is 1.17. The second kappa shape index (κ2) is 10.3. The molecule has 1 aromatic carbocycles. The quantitative estimate of drug-likeness (QED) is 0.640. The summed E-state index contributed by atoms with van der Waals surface area (Å²) in [5, 5.41) is 19.5. The average Bonchev–Trinajstić information content (AvgIpc) is 2.81. The largest absolute Gasteiger partial charge is 0.368 e. The van der Waals surface area contributed by atoms with Crippen LogP contribution in [0.1, 0.15) is 47.3 Å². The summed E-state index contributed by atoms with van der Waals surface area (Å²) in [4.78, 5) is 19.1. The van der Waals surface area contributed by atoms with Gasteiger partial charge in [0.15, 0.2) is 0 Å². The first-order valence-electron chi connectivity index (χ1n) is 10.4. The van der Waals surface area contributed by atoms with Crippen LogP contribution >= 0.6 is 11.8 Å². The van der Waals surface area contributed by atoms with Crippen molar-refractivity contribution >= 4 is 23.5 Å². The molecule has 1 amide bonds. The summed E-state index contributed by atoms with van der Waals surface area (Å²) in [6.45, 7) is 3.98. The maximum Gasteiger partial charge on any atom is 0.235 e. The molecule has 2 atom stereocenters. The number of pyridine rings is 1. The third kappa shape index (κ3) is 4.82. The lowest BCUT2D eigenvalue weighted by atomic mass is 9.96. The third-order valence-electron chi connectivity index (χ3n) is 5.57. The molecular weight excluding hydrogens is 408 g/mol. The van der Waals surface area contributed by atoms with Gasteiger partial charge in [-0.15, -0.1) is 0 Å². The maximum absolute atomic E-state index is 12.3. The van der Waals surface area contributed by atoms with Crippen LogP contribution in [0.25, 0.3) is 0 Å². The topological polar surface area (TPSA) is 133 Å². The number of nitriles is 2. The predicted octanol–water partition coefficient (Wildman–Crippen LogP) is 2.88. The van der Waals surface area contributed by atoms with Gasteiger partial charge < -0.3 is 16.4 Å². The standard InChI is InChI=1S/C23H26N6OS/c1-2-17-18(12-25)22(29-10-6-7-15(11-24)14-29)28-23(19(17)13-26)31-20(21(27)30)16-8-4-3-5-9-16/h3-5,8-9,15,20H,2,6-7,10-11,14,24H2,1H3,(H2,27,30)/t15-,20?/m0/s1. The Morgan fingerprint density at radius 3 is 2.58 bits per heavy atom. The number of carbonyl (C=O) groups excluding carboxylic acids is 1. The van der Waals surface area contributed by atoms with Gasteiger partial charge in [0.2, 0.25) is 5.91 Å². The molecule has 1 aliphatic rings. The van der Waals surface area contributed by atoms with Gasteiger partial charge in [-0.1, -0.05) is 49.0 Å². The number of rotatable bonds is 7. The Hall–Kier alpha value is -3.07. The molecule has 4 N–H and O–H groups in total. The molecule has 0 bridgehead atoms. The summed E-state index contributed by atoms with van der Waals surface area (Å²) in [6.07, 6.45) is 2.52. The fraction of sp³-hybridized carbons (Fsp3) is 0.391. The molecule has 0 spiro atoms. The van der Waals surface area contributed by atoms with E-state index >= 15 is 0 Å². The SMILES string of the molecule is CCc1c(C#N)c(SC(C(N)=O)c2ccccc2)nc(N2CCC[C@@H](CN)C2)c1C#N. The van der Waals surface area contributed by atoms with Gasteiger partial charge in [0.25, 0.3) is 0 Å². The fourth-order valence-electron chi connectivity index (χ4n) is 3.98. The van der Waals surface area contributed by atoms with Crippen molar-refractivity contribution < 1.29 is 4.79 Å². The zero-order chi connectivity index (χ0) is 22.4. The molecule has 1 aromatic heterocycles. The number of hydrogen-bond donors (Lipinski definition) is 2. The smallest absolute Gasteiger partial charge is 0.235 e. The van der Waals surface area contributed by atoms with Crippen LogP contribution < -0.4 is 16.4 Å². The molecule has 160 valence electrons. The predicted molar refractivity (Wildman–Crippen MR) is 121 cm³/mol. The van der Waals surface area contributed by atoms with Gasteiger partial charge >= 0.3 is 0 Å². The van der Waals surface area contributed by atoms with E-state index in [-0.39, 0.29) is 0 Å². The highest BCUT2D eigenvalue weighted by atomic mass is 32.2. The number of piperidine rings is 1. The molecule has 3 rings (SSSR count). The molecule has 1 saturated heterocycles. The highest BCUT2D eigenvalue weighted by Crippen LogP contribution is 2.40. The molecule has 31 heavy (non-hydrogen) atoms. The van der Waals surface area contributed by atoms with Gasteiger partial charge in [-0.05, 0) is 42.9 Å². The van der Waals surface area contributed by atoms with Crippen molar-refractivity contribution in [2.45, 2.75) is 36.5 Å². The molecule has 1 unspecified atom stereocenters. The summed E-state index contributed by atoms with van der Waals surface area (Å²) in [5.41, 5.74) is 13.8. The monoisotopic (exact) mass is 434 g/mol. The van der Waals surface area contributed by atoms with Crippen molar-refractivity contribution in [3.05, 3.63) is 52.6 Å². The van der Waals surface area contributed by atoms with E-state index in [2.05, 4.69) is 17.0 Å². The Balaban J connectivity index is 2.12. The van der Waals surface area contributed by atoms with Crippen LogP contribution in [0.5, 0.6) is 0 Å². The Morgan fingerprint density at radius 2 is 2.00 bits per heavy atom. The average molecular weight is 435 g/mol. The lowest BCUT2D eigenvalue weighted by Gasteiger charge is -2.34. The zero-order valence-electron chi connectivity index (χ0n) is 17.5. The van der Waals surface area contributed by atoms with E-state index in [1.54, 1.807) is 0 Å². The number of primary amides is 1. The Morgan fingerprint density at radius 1 is 1.29 bits per heavy atom. The minimum atomic E-state index is -0.690. The number of hydrogen-bond acceptors (Lipinski definition) is 7. The molecular formula is C23H26N6OS. The van der Waals surface area contributed by atoms with E-state index in [0.717, 1.165) is 31.5 Å². The van der Waals surface area contributed by atoms with E-state index < -0.39 is 11.2 Å². The number of benzene rings is 1. The Labute approximate surface area is 187 Å². The molecule has 8 heteroatoms. The maximum atomic E-state index is 12.3. The number of amides is 1. The van der Waals surface area contributed by atoms with Crippen LogP contribution in [-0.4, -0.2) is 30.5 Å². The normalized spacial score (nSPS) is 16.9. The molecule has 7 nitrogen and oxygen atoms in total. The van der Waals surface area contributed by atoms with Crippen LogP contribution in [-0.2, 0) is 11.2 Å². The second-order valence-electron chi connectivity index (χ2n) is 7.55. The van der Waals surface area contributed by atoms with Gasteiger partial charge in [-0.3, -0.25) is 4.79 Å². The zero-order valence-corrected chi connectivity index (χ0v) is 18.4. The second-order valence-corrected chi connectivity index (χ2v) is 8.64. The number of nitrogens with two attached hydrogens (primary N) is 2. The van der Waals surface area contributed by atoms with Crippen molar-refractivity contribution in [1.29, 1.82) is 10.5 Å². The van der Waals surface area contributed by atoms with Crippen molar-refractivity contribution in [3.63, 3.8) is 0 Å². The lowest BCUT2D eigenvalue weighted by Crippen LogP contribution is -2.39. The van der Waals surface area contributed by atoms with Gasteiger partial charge in [0, 0.05) is 13.1 Å². The summed E-state index contributed by atoms with van der Waals surface area (Å²) in [5.74, 6) is 0.393. The number of nitrogens with zero attached hydrogens (tertiary/aromatic N) is 4. The van der Waals surface area contributed by atoms with E-state index in [9.17, 15) is 15.3 Å². The van der Waals surface area contributed by atoms with E-state index in [1.165, 1.54) is 11.8 Å². The first-order chi connectivity index (χ1) is 15.0. The summed E-state index contributed by atoms with van der Waals surface area (Å²) in [6, 6.07) is 13.7. The summed E-state index contributed by atoms with van der Waals surface area (Å²) < 4.78 is 0. The number of anilines is 1. The van der Waals surface area contributed by atoms with Crippen LogP contribution in [0.4, 0.5) is 5.82 Å². The minimum Gasteiger partial charge on any atom is -0.368 e. The van der Waals surface area contributed by atoms with E-state index in [1.807, 2.05) is 37.3 Å². The Kier molecular flexibility index (Phi) is 7.51. The van der Waals surface area contributed by atoms with E-state index in [4.69, 9.17) is 16.5 Å². The van der Waals surface area contributed by atoms with Crippen LogP contribution in [0.2, 0.25) is 0 Å². The van der Waals surface area contributed by atoms with Crippen molar-refractivity contribution in [2.75, 3.05) is 24.5 Å². The minimum absolute atomic E-state index is 0.335. The first kappa shape index (κ1) is 22.6. The number of carbonyl (C=O) groups is 1. The van der Waals surface area contributed by atoms with Crippen molar-refractivity contribution in [2.24, 2.45) is 17.4 Å². The molecule has 2 aromatic rings. The van der Waals surface area contributed by atoms with Gasteiger partial charge in [-0.2, -0.15) is 10.5 Å². The van der Waals surface area contributed by atoms with Crippen LogP contribution in [0.15, 0.2) is 35.4 Å². The first-order valence-corrected chi connectivity index (χ1v) is 11.2. The molecule has 1 aliphatic heterocycles. The molecule has 0 aliphatic carbocycles. The molecule has 0 saturated carbocycles. The fourth-order valence-corrected chi connectivity index (χ4v) is 5.04. The number of aromatic nitrogens is 1. The van der Waals surface area contributed by atoms with Crippen LogP contribution in [0.3, 0.4) is 0 Å². The molecule has 1 fully saturated rings. The van der Waals surface area contributed by atoms with Gasteiger partial charge in [0.1, 0.15) is 28.2 Å². The Bertz CT molecular complexity index is 1030. The molecule has 2 heterocycles. The van der Waals surface area contributed by atoms with Crippen LogP contribution in [0, 0.1) is 28.6 Å². The third-order valence-corrected chi connectivity index (χ3v) is 6.83. The van der Waals surface area contributed by atoms with E-state index in [0.29, 0.717) is 46.4 Å². The summed E-state index contributed by atoms with van der Waals surface area (Å²) in [7, 11) is 0. The molecule has 0 radical (unpaired) electrons. The number of thioether (sulfide) groups is 1. The van der Waals surface area contributed by atoms with Crippen molar-refractivity contribution in [1.82, 2.24) is 4.98 Å².